The van der Waals surface area contributed by atoms with Gasteiger partial charge >= 0.3 is 0 Å². The summed E-state index contributed by atoms with van der Waals surface area (Å²) >= 11 is 0. The molecule has 7 heteroatoms. The molecule has 0 saturated heterocycles. The Kier molecular flexibility index (Phi) is 5.30. The van der Waals surface area contributed by atoms with Crippen molar-refractivity contribution in [3.63, 3.8) is 0 Å². The van der Waals surface area contributed by atoms with Crippen molar-refractivity contribution in [1.29, 1.82) is 0 Å². The number of fused-ring (bicyclic) bond motifs is 1. The zero-order valence-corrected chi connectivity index (χ0v) is 17.0. The maximum Gasteiger partial charge on any atom is 0.222 e. The van der Waals surface area contributed by atoms with E-state index in [1.54, 1.807) is 24.7 Å². The van der Waals surface area contributed by atoms with Crippen LogP contribution >= 0.6 is 0 Å². The molecule has 0 bridgehead atoms. The van der Waals surface area contributed by atoms with Crippen molar-refractivity contribution in [3.05, 3.63) is 53.5 Å². The second kappa shape index (κ2) is 7.39. The fourth-order valence-corrected chi connectivity index (χ4v) is 2.98. The lowest BCUT2D eigenvalue weighted by atomic mass is 9.92. The number of aromatic nitrogens is 4. The number of hydrogen-bond acceptors (Lipinski definition) is 6. The molecule has 0 saturated carbocycles. The van der Waals surface area contributed by atoms with Crippen LogP contribution < -0.4 is 10.5 Å². The first-order valence-corrected chi connectivity index (χ1v) is 9.30. The molecule has 148 valence electrons. The number of nitrogens with zero attached hydrogens (tertiary/aromatic N) is 4. The Labute approximate surface area is 164 Å². The average Bonchev–Trinajstić information content (AvgIpc) is 2.60. The van der Waals surface area contributed by atoms with E-state index in [0.29, 0.717) is 24.6 Å². The number of pyridine rings is 2. The van der Waals surface area contributed by atoms with Crippen LogP contribution in [0.2, 0.25) is 0 Å². The first-order chi connectivity index (χ1) is 13.1. The highest BCUT2D eigenvalue weighted by Crippen LogP contribution is 2.31. The van der Waals surface area contributed by atoms with Gasteiger partial charge in [-0.1, -0.05) is 0 Å². The SMILES string of the molecule is CCOc1ncc(C(C)(C)N)c2cc(Cc3ccnc(C(C)(C)F)n3)ncc12. The van der Waals surface area contributed by atoms with E-state index in [9.17, 15) is 4.39 Å². The summed E-state index contributed by atoms with van der Waals surface area (Å²) in [4.78, 5) is 17.3. The van der Waals surface area contributed by atoms with Crippen molar-refractivity contribution in [2.24, 2.45) is 5.73 Å². The standard InChI is InChI=1S/C21H26FN5O/c1-6-28-18-16-11-25-14(10-15(16)17(12-26-18)21(4,5)23)9-13-7-8-24-19(27-13)20(2,3)22/h7-8,10-12H,6,9,23H2,1-5H3. The summed E-state index contributed by atoms with van der Waals surface area (Å²) in [5.41, 5.74) is 6.59. The Morgan fingerprint density at radius 3 is 2.43 bits per heavy atom. The fraction of sp³-hybridized carbons (Fsp3) is 0.429. The molecule has 0 amide bonds. The van der Waals surface area contributed by atoms with Crippen LogP contribution in [0.25, 0.3) is 10.8 Å². The first kappa shape index (κ1) is 20.1. The van der Waals surface area contributed by atoms with Gasteiger partial charge in [-0.2, -0.15) is 0 Å². The van der Waals surface area contributed by atoms with E-state index in [4.69, 9.17) is 10.5 Å². The van der Waals surface area contributed by atoms with Crippen LogP contribution in [0.3, 0.4) is 0 Å². The lowest BCUT2D eigenvalue weighted by molar-refractivity contribution is 0.206. The van der Waals surface area contributed by atoms with Crippen LogP contribution in [0.5, 0.6) is 5.88 Å². The number of ether oxygens (including phenoxy) is 1. The van der Waals surface area contributed by atoms with Crippen LogP contribution in [-0.2, 0) is 17.6 Å². The predicted molar refractivity (Wildman–Crippen MR) is 107 cm³/mol. The molecule has 0 unspecified atom stereocenters. The Bertz CT molecular complexity index is 992. The first-order valence-electron chi connectivity index (χ1n) is 9.30. The van der Waals surface area contributed by atoms with Crippen molar-refractivity contribution >= 4 is 10.8 Å². The lowest BCUT2D eigenvalue weighted by Gasteiger charge is -2.22. The highest BCUT2D eigenvalue weighted by atomic mass is 19.1. The van der Waals surface area contributed by atoms with E-state index in [2.05, 4.69) is 19.9 Å². The third kappa shape index (κ3) is 4.25. The number of hydrogen-bond donors (Lipinski definition) is 1. The number of nitrogens with two attached hydrogens (primary N) is 1. The van der Waals surface area contributed by atoms with Gasteiger partial charge in [-0.3, -0.25) is 4.98 Å². The van der Waals surface area contributed by atoms with Crippen molar-refractivity contribution in [3.8, 4) is 5.88 Å². The molecule has 3 aromatic rings. The monoisotopic (exact) mass is 383 g/mol. The molecular weight excluding hydrogens is 357 g/mol. The van der Waals surface area contributed by atoms with Crippen molar-refractivity contribution in [2.45, 2.75) is 52.2 Å². The summed E-state index contributed by atoms with van der Waals surface area (Å²) < 4.78 is 19.8. The number of alkyl halides is 1. The predicted octanol–water partition coefficient (Wildman–Crippen LogP) is 3.81. The fourth-order valence-electron chi connectivity index (χ4n) is 2.98. The summed E-state index contributed by atoms with van der Waals surface area (Å²) in [5.74, 6) is 0.699. The van der Waals surface area contributed by atoms with Gasteiger partial charge in [-0.25, -0.2) is 19.3 Å². The van der Waals surface area contributed by atoms with Gasteiger partial charge in [0.1, 0.15) is 0 Å². The minimum Gasteiger partial charge on any atom is -0.477 e. The molecule has 0 aromatic carbocycles. The second-order valence-electron chi connectivity index (χ2n) is 7.87. The quantitative estimate of drug-likeness (QED) is 0.696. The molecule has 0 aliphatic rings. The van der Waals surface area contributed by atoms with Gasteiger partial charge in [0.05, 0.1) is 17.7 Å². The normalized spacial score (nSPS) is 12.4. The van der Waals surface area contributed by atoms with E-state index in [-0.39, 0.29) is 5.82 Å². The Hall–Kier alpha value is -2.67. The molecule has 0 aliphatic heterocycles. The molecule has 28 heavy (non-hydrogen) atoms. The van der Waals surface area contributed by atoms with E-state index in [0.717, 1.165) is 22.0 Å². The summed E-state index contributed by atoms with van der Waals surface area (Å²) in [6, 6.07) is 3.75. The molecule has 0 radical (unpaired) electrons. The smallest absolute Gasteiger partial charge is 0.222 e. The zero-order chi connectivity index (χ0) is 20.5. The number of halogens is 1. The Morgan fingerprint density at radius 1 is 1.04 bits per heavy atom. The van der Waals surface area contributed by atoms with Crippen LogP contribution in [-0.4, -0.2) is 26.5 Å². The highest BCUT2D eigenvalue weighted by molar-refractivity contribution is 5.89. The number of rotatable bonds is 6. The molecule has 3 heterocycles. The van der Waals surface area contributed by atoms with Crippen molar-refractivity contribution < 1.29 is 9.13 Å². The second-order valence-corrected chi connectivity index (χ2v) is 7.87. The van der Waals surface area contributed by atoms with Gasteiger partial charge in [0.2, 0.25) is 5.88 Å². The lowest BCUT2D eigenvalue weighted by Crippen LogP contribution is -2.29. The third-order valence-corrected chi connectivity index (χ3v) is 4.37. The molecule has 0 spiro atoms. The maximum absolute atomic E-state index is 14.2. The molecule has 2 N–H and O–H groups in total. The van der Waals surface area contributed by atoms with Crippen molar-refractivity contribution in [2.75, 3.05) is 6.61 Å². The molecule has 0 atom stereocenters. The van der Waals surface area contributed by atoms with Crippen LogP contribution in [0.15, 0.2) is 30.7 Å². The maximum atomic E-state index is 14.2. The van der Waals surface area contributed by atoms with Crippen molar-refractivity contribution in [1.82, 2.24) is 19.9 Å². The molecule has 6 nitrogen and oxygen atoms in total. The summed E-state index contributed by atoms with van der Waals surface area (Å²) in [7, 11) is 0. The van der Waals surface area contributed by atoms with E-state index in [1.165, 1.54) is 13.8 Å². The van der Waals surface area contributed by atoms with Gasteiger partial charge in [0.25, 0.3) is 0 Å². The van der Waals surface area contributed by atoms with E-state index >= 15 is 0 Å². The van der Waals surface area contributed by atoms with E-state index < -0.39 is 11.2 Å². The Balaban J connectivity index is 2.06. The minimum absolute atomic E-state index is 0.164. The van der Waals surface area contributed by atoms with Gasteiger partial charge in [0, 0.05) is 36.2 Å². The third-order valence-electron chi connectivity index (χ3n) is 4.37. The largest absolute Gasteiger partial charge is 0.477 e. The topological polar surface area (TPSA) is 86.8 Å². The van der Waals surface area contributed by atoms with Gasteiger partial charge in [-0.15, -0.1) is 0 Å². The summed E-state index contributed by atoms with van der Waals surface area (Å²) in [5, 5.41) is 1.76. The van der Waals surface area contributed by atoms with E-state index in [1.807, 2.05) is 26.8 Å². The molecule has 3 aromatic heterocycles. The molecule has 3 rings (SSSR count). The molecule has 0 fully saturated rings. The molecule has 0 aliphatic carbocycles. The van der Waals surface area contributed by atoms with Gasteiger partial charge in [0.15, 0.2) is 11.5 Å². The van der Waals surface area contributed by atoms with Crippen LogP contribution in [0.1, 0.15) is 57.4 Å². The zero-order valence-electron chi connectivity index (χ0n) is 17.0. The Morgan fingerprint density at radius 2 is 1.79 bits per heavy atom. The minimum atomic E-state index is -1.60. The summed E-state index contributed by atoms with van der Waals surface area (Å²) in [6.07, 6.45) is 5.54. The highest BCUT2D eigenvalue weighted by Gasteiger charge is 2.23. The average molecular weight is 383 g/mol. The molecular formula is C21H26FN5O. The van der Waals surface area contributed by atoms with Crippen LogP contribution in [0, 0.1) is 0 Å². The van der Waals surface area contributed by atoms with Gasteiger partial charge < -0.3 is 10.5 Å². The van der Waals surface area contributed by atoms with Gasteiger partial charge in [-0.05, 0) is 57.7 Å². The summed E-state index contributed by atoms with van der Waals surface area (Å²) in [6.45, 7) is 9.18. The van der Waals surface area contributed by atoms with Crippen LogP contribution in [0.4, 0.5) is 4.39 Å².